The molecule has 0 heterocycles. The molecule has 0 bridgehead atoms. The fraction of sp³-hybridized carbons (Fsp3) is 1.00. The predicted octanol–water partition coefficient (Wildman–Crippen LogP) is 6.45. The lowest BCUT2D eigenvalue weighted by Crippen LogP contribution is -2.13. The Morgan fingerprint density at radius 3 is 2.12 bits per heavy atom. The lowest BCUT2D eigenvalue weighted by Gasteiger charge is -2.26. The Balaban J connectivity index is 3.85. The molecule has 2 atom stereocenters. The van der Waals surface area contributed by atoms with Gasteiger partial charge in [0.25, 0.3) is 0 Å². The Labute approximate surface area is 111 Å². The zero-order chi connectivity index (χ0) is 13.3. The van der Waals surface area contributed by atoms with Crippen molar-refractivity contribution in [3.05, 3.63) is 0 Å². The van der Waals surface area contributed by atoms with Gasteiger partial charge in [-0.05, 0) is 30.1 Å². The number of unbranched alkanes of at least 4 members (excludes halogenated alkanes) is 1. The van der Waals surface area contributed by atoms with Gasteiger partial charge < -0.3 is 0 Å². The van der Waals surface area contributed by atoms with Crippen molar-refractivity contribution >= 4 is 0 Å². The van der Waals surface area contributed by atoms with Gasteiger partial charge in [-0.3, -0.25) is 0 Å². The standard InChI is InChI=1S/C17H36/c1-7-10-11-16(8-2)14-15(4)12-13-17(5,6)9-3/h15-16H,7-14H2,1-6H3. The largest absolute Gasteiger partial charge is 0.0654 e. The van der Waals surface area contributed by atoms with Crippen LogP contribution in [-0.4, -0.2) is 0 Å². The average Bonchev–Trinajstić information content (AvgIpc) is 2.32. The van der Waals surface area contributed by atoms with E-state index in [1.54, 1.807) is 0 Å². The Hall–Kier alpha value is 0. The summed E-state index contributed by atoms with van der Waals surface area (Å²) in [4.78, 5) is 0. The molecule has 0 aliphatic heterocycles. The molecule has 0 fully saturated rings. The molecule has 0 aromatic carbocycles. The number of rotatable bonds is 10. The first-order chi connectivity index (χ1) is 7.95. The van der Waals surface area contributed by atoms with Crippen molar-refractivity contribution in [3.63, 3.8) is 0 Å². The van der Waals surface area contributed by atoms with E-state index in [1.165, 1.54) is 51.4 Å². The summed E-state index contributed by atoms with van der Waals surface area (Å²) in [6, 6.07) is 0. The normalized spacial score (nSPS) is 15.9. The number of hydrogen-bond acceptors (Lipinski definition) is 0. The number of hydrogen-bond donors (Lipinski definition) is 0. The van der Waals surface area contributed by atoms with E-state index >= 15 is 0 Å². The maximum Gasteiger partial charge on any atom is -0.0357 e. The zero-order valence-electron chi connectivity index (χ0n) is 13.3. The molecule has 2 unspecified atom stereocenters. The predicted molar refractivity (Wildman–Crippen MR) is 80.4 cm³/mol. The molecule has 0 amide bonds. The minimum Gasteiger partial charge on any atom is -0.0654 e. The zero-order valence-corrected chi connectivity index (χ0v) is 13.3. The highest BCUT2D eigenvalue weighted by atomic mass is 14.2. The molecule has 0 saturated heterocycles. The minimum atomic E-state index is 0.555. The van der Waals surface area contributed by atoms with E-state index in [0.29, 0.717) is 5.41 Å². The van der Waals surface area contributed by atoms with Crippen LogP contribution in [0.3, 0.4) is 0 Å². The molecule has 0 rings (SSSR count). The first-order valence-corrected chi connectivity index (χ1v) is 7.95. The van der Waals surface area contributed by atoms with Gasteiger partial charge in [-0.1, -0.05) is 80.1 Å². The first-order valence-electron chi connectivity index (χ1n) is 7.95. The van der Waals surface area contributed by atoms with Crippen molar-refractivity contribution in [1.29, 1.82) is 0 Å². The summed E-state index contributed by atoms with van der Waals surface area (Å²) in [5.41, 5.74) is 0.555. The summed E-state index contributed by atoms with van der Waals surface area (Å²) in [5, 5.41) is 0. The molecule has 0 heteroatoms. The quantitative estimate of drug-likeness (QED) is 0.412. The first kappa shape index (κ1) is 17.0. The average molecular weight is 240 g/mol. The van der Waals surface area contributed by atoms with E-state index in [4.69, 9.17) is 0 Å². The summed E-state index contributed by atoms with van der Waals surface area (Å²) in [6.07, 6.45) is 11.2. The van der Waals surface area contributed by atoms with Gasteiger partial charge in [0, 0.05) is 0 Å². The van der Waals surface area contributed by atoms with Gasteiger partial charge in [-0.15, -0.1) is 0 Å². The third-order valence-electron chi connectivity index (χ3n) is 4.55. The van der Waals surface area contributed by atoms with E-state index in [-0.39, 0.29) is 0 Å². The highest BCUT2D eigenvalue weighted by Gasteiger charge is 2.18. The molecule has 104 valence electrons. The molecule has 0 N–H and O–H groups in total. The fourth-order valence-corrected chi connectivity index (χ4v) is 2.48. The molecule has 17 heavy (non-hydrogen) atoms. The highest BCUT2D eigenvalue weighted by Crippen LogP contribution is 2.31. The Morgan fingerprint density at radius 2 is 1.65 bits per heavy atom. The second-order valence-electron chi connectivity index (χ2n) is 6.81. The van der Waals surface area contributed by atoms with E-state index in [9.17, 15) is 0 Å². The Kier molecular flexibility index (Phi) is 9.00. The third-order valence-corrected chi connectivity index (χ3v) is 4.55. The van der Waals surface area contributed by atoms with Crippen LogP contribution in [0.25, 0.3) is 0 Å². The Morgan fingerprint density at radius 1 is 1.00 bits per heavy atom. The molecule has 0 spiro atoms. The molecule has 0 nitrogen and oxygen atoms in total. The van der Waals surface area contributed by atoms with Crippen molar-refractivity contribution in [3.8, 4) is 0 Å². The molecule has 0 aliphatic carbocycles. The third kappa shape index (κ3) is 8.69. The summed E-state index contributed by atoms with van der Waals surface area (Å²) in [5.74, 6) is 1.90. The van der Waals surface area contributed by atoms with Gasteiger partial charge in [0.1, 0.15) is 0 Å². The van der Waals surface area contributed by atoms with Crippen molar-refractivity contribution < 1.29 is 0 Å². The van der Waals surface area contributed by atoms with Crippen LogP contribution in [0.4, 0.5) is 0 Å². The van der Waals surface area contributed by atoms with E-state index < -0.39 is 0 Å². The van der Waals surface area contributed by atoms with Crippen LogP contribution < -0.4 is 0 Å². The molecular weight excluding hydrogens is 204 g/mol. The van der Waals surface area contributed by atoms with Crippen molar-refractivity contribution in [2.24, 2.45) is 17.3 Å². The molecule has 0 aliphatic rings. The topological polar surface area (TPSA) is 0 Å². The van der Waals surface area contributed by atoms with E-state index in [0.717, 1.165) is 11.8 Å². The second-order valence-corrected chi connectivity index (χ2v) is 6.81. The highest BCUT2D eigenvalue weighted by molar-refractivity contribution is 4.70. The summed E-state index contributed by atoms with van der Waals surface area (Å²) < 4.78 is 0. The molecule has 0 saturated carbocycles. The van der Waals surface area contributed by atoms with Crippen molar-refractivity contribution in [1.82, 2.24) is 0 Å². The maximum atomic E-state index is 2.46. The second kappa shape index (κ2) is 9.00. The maximum absolute atomic E-state index is 2.46. The van der Waals surface area contributed by atoms with Gasteiger partial charge in [0.05, 0.1) is 0 Å². The SMILES string of the molecule is CCCCC(CC)CC(C)CCC(C)(C)CC. The van der Waals surface area contributed by atoms with Crippen LogP contribution in [0.15, 0.2) is 0 Å². The lowest BCUT2D eigenvalue weighted by atomic mass is 9.80. The Bertz CT molecular complexity index is 169. The summed E-state index contributed by atoms with van der Waals surface area (Å²) >= 11 is 0. The van der Waals surface area contributed by atoms with Gasteiger partial charge in [0.15, 0.2) is 0 Å². The van der Waals surface area contributed by atoms with Gasteiger partial charge >= 0.3 is 0 Å². The van der Waals surface area contributed by atoms with E-state index in [2.05, 4.69) is 41.5 Å². The monoisotopic (exact) mass is 240 g/mol. The molecular formula is C17H36. The van der Waals surface area contributed by atoms with Crippen LogP contribution in [0.2, 0.25) is 0 Å². The molecule has 0 radical (unpaired) electrons. The smallest absolute Gasteiger partial charge is 0.0357 e. The molecule has 0 aromatic rings. The van der Waals surface area contributed by atoms with Gasteiger partial charge in [-0.2, -0.15) is 0 Å². The van der Waals surface area contributed by atoms with Gasteiger partial charge in [-0.25, -0.2) is 0 Å². The van der Waals surface area contributed by atoms with E-state index in [1.807, 2.05) is 0 Å². The van der Waals surface area contributed by atoms with Crippen LogP contribution in [-0.2, 0) is 0 Å². The lowest BCUT2D eigenvalue weighted by molar-refractivity contribution is 0.262. The fourth-order valence-electron chi connectivity index (χ4n) is 2.48. The van der Waals surface area contributed by atoms with Crippen molar-refractivity contribution in [2.45, 2.75) is 92.9 Å². The van der Waals surface area contributed by atoms with Crippen LogP contribution >= 0.6 is 0 Å². The summed E-state index contributed by atoms with van der Waals surface area (Å²) in [7, 11) is 0. The summed E-state index contributed by atoms with van der Waals surface area (Å²) in [6.45, 7) is 14.3. The minimum absolute atomic E-state index is 0.555. The van der Waals surface area contributed by atoms with Crippen LogP contribution in [0, 0.1) is 17.3 Å². The van der Waals surface area contributed by atoms with Crippen molar-refractivity contribution in [2.75, 3.05) is 0 Å². The van der Waals surface area contributed by atoms with Crippen LogP contribution in [0.5, 0.6) is 0 Å². The van der Waals surface area contributed by atoms with Crippen LogP contribution in [0.1, 0.15) is 92.9 Å². The molecule has 0 aromatic heterocycles. The van der Waals surface area contributed by atoms with Gasteiger partial charge in [0.2, 0.25) is 0 Å².